The Kier molecular flexibility index (Phi) is 6.57. The summed E-state index contributed by atoms with van der Waals surface area (Å²) in [5.74, 6) is 5.75. The van der Waals surface area contributed by atoms with E-state index in [2.05, 4.69) is 40.7 Å². The van der Waals surface area contributed by atoms with Gasteiger partial charge in [0.05, 0.1) is 0 Å². The molecule has 4 rings (SSSR count). The van der Waals surface area contributed by atoms with Crippen molar-refractivity contribution in [3.05, 3.63) is 11.6 Å². The third kappa shape index (κ3) is 3.89. The summed E-state index contributed by atoms with van der Waals surface area (Å²) in [6, 6.07) is 0. The molecule has 0 saturated heterocycles. The van der Waals surface area contributed by atoms with E-state index >= 15 is 0 Å². The van der Waals surface area contributed by atoms with Crippen LogP contribution in [0.15, 0.2) is 11.6 Å². The molecule has 0 aliphatic heterocycles. The molecule has 9 atom stereocenters. The van der Waals surface area contributed by atoms with Gasteiger partial charge in [-0.25, -0.2) is 0 Å². The van der Waals surface area contributed by atoms with Gasteiger partial charge in [0.1, 0.15) is 0 Å². The Hall–Kier alpha value is 0.0900. The normalized spacial score (nSPS) is 46.3. The SMILES string of the molecule is CCC(C)CCCC(C)C1CCC2C3CC=C4CC(S)CCC4(C)C3CCC12C. The van der Waals surface area contributed by atoms with Gasteiger partial charge in [-0.05, 0) is 97.7 Å². The maximum absolute atomic E-state index is 4.85. The van der Waals surface area contributed by atoms with Crippen LogP contribution in [0.4, 0.5) is 0 Å². The molecule has 9 unspecified atom stereocenters. The van der Waals surface area contributed by atoms with E-state index in [9.17, 15) is 0 Å². The van der Waals surface area contributed by atoms with E-state index in [-0.39, 0.29) is 0 Å². The van der Waals surface area contributed by atoms with E-state index in [0.29, 0.717) is 16.1 Å². The molecule has 0 heterocycles. The van der Waals surface area contributed by atoms with Crippen LogP contribution in [-0.2, 0) is 0 Å². The van der Waals surface area contributed by atoms with Gasteiger partial charge in [-0.2, -0.15) is 12.6 Å². The standard InChI is InChI=1S/C28H48S/c1-6-19(2)8-7-9-20(3)24-12-13-25-23-11-10-21-18-22(29)14-16-27(21,4)26(23)15-17-28(24,25)5/h10,19-20,22-26,29H,6-9,11-18H2,1-5H3. The monoisotopic (exact) mass is 416 g/mol. The minimum atomic E-state index is 0.503. The molecule has 3 fully saturated rings. The van der Waals surface area contributed by atoms with Gasteiger partial charge in [0.15, 0.2) is 0 Å². The van der Waals surface area contributed by atoms with Crippen LogP contribution >= 0.6 is 12.6 Å². The molecule has 4 aliphatic rings. The third-order valence-electron chi connectivity index (χ3n) is 10.9. The average molecular weight is 417 g/mol. The summed E-state index contributed by atoms with van der Waals surface area (Å²) in [6.07, 6.45) is 19.8. The molecule has 4 aliphatic carbocycles. The van der Waals surface area contributed by atoms with Crippen LogP contribution in [0.3, 0.4) is 0 Å². The van der Waals surface area contributed by atoms with Gasteiger partial charge in [-0.3, -0.25) is 0 Å². The smallest absolute Gasteiger partial charge is 0.00545 e. The second-order valence-corrected chi connectivity index (χ2v) is 13.0. The Bertz CT molecular complexity index is 607. The minimum Gasteiger partial charge on any atom is -0.176 e. The van der Waals surface area contributed by atoms with Crippen LogP contribution in [0.25, 0.3) is 0 Å². The van der Waals surface area contributed by atoms with Crippen molar-refractivity contribution in [3.8, 4) is 0 Å². The summed E-state index contributed by atoms with van der Waals surface area (Å²) < 4.78 is 0. The van der Waals surface area contributed by atoms with Crippen molar-refractivity contribution >= 4 is 12.6 Å². The molecule has 0 N–H and O–H groups in total. The van der Waals surface area contributed by atoms with Crippen molar-refractivity contribution in [2.24, 2.45) is 46.3 Å². The van der Waals surface area contributed by atoms with Crippen LogP contribution in [0, 0.1) is 46.3 Å². The first kappa shape index (κ1) is 22.3. The van der Waals surface area contributed by atoms with Gasteiger partial charge < -0.3 is 0 Å². The second kappa shape index (κ2) is 8.55. The lowest BCUT2D eigenvalue weighted by molar-refractivity contribution is -0.0497. The summed E-state index contributed by atoms with van der Waals surface area (Å²) in [6.45, 7) is 12.8. The lowest BCUT2D eigenvalue weighted by Gasteiger charge is -2.58. The molecule has 0 aromatic heterocycles. The first-order valence-electron chi connectivity index (χ1n) is 13.2. The average Bonchev–Trinajstić information content (AvgIpc) is 3.05. The molecule has 0 aromatic carbocycles. The summed E-state index contributed by atoms with van der Waals surface area (Å²) in [5, 5.41) is 0.617. The Labute approximate surface area is 187 Å². The fraction of sp³-hybridized carbons (Fsp3) is 0.929. The molecule has 29 heavy (non-hydrogen) atoms. The highest BCUT2D eigenvalue weighted by Crippen LogP contribution is 2.67. The summed E-state index contributed by atoms with van der Waals surface area (Å²) >= 11 is 4.85. The van der Waals surface area contributed by atoms with Gasteiger partial charge in [-0.1, -0.05) is 72.0 Å². The number of thiol groups is 1. The highest BCUT2D eigenvalue weighted by atomic mass is 32.1. The molecule has 3 saturated carbocycles. The number of hydrogen-bond donors (Lipinski definition) is 1. The van der Waals surface area contributed by atoms with Crippen LogP contribution in [0.5, 0.6) is 0 Å². The third-order valence-corrected chi connectivity index (χ3v) is 11.3. The lowest BCUT2D eigenvalue weighted by Crippen LogP contribution is -2.50. The summed E-state index contributed by atoms with van der Waals surface area (Å²) in [5.41, 5.74) is 2.92. The van der Waals surface area contributed by atoms with Crippen LogP contribution in [-0.4, -0.2) is 5.25 Å². The van der Waals surface area contributed by atoms with E-state index in [1.165, 1.54) is 77.0 Å². The second-order valence-electron chi connectivity index (χ2n) is 12.3. The maximum Gasteiger partial charge on any atom is 0.00545 e. The number of rotatable bonds is 6. The van der Waals surface area contributed by atoms with E-state index in [4.69, 9.17) is 12.6 Å². The quantitative estimate of drug-likeness (QED) is 0.325. The fourth-order valence-corrected chi connectivity index (χ4v) is 9.14. The van der Waals surface area contributed by atoms with E-state index < -0.39 is 0 Å². The zero-order chi connectivity index (χ0) is 20.8. The molecule has 0 radical (unpaired) electrons. The van der Waals surface area contributed by atoms with Crippen molar-refractivity contribution in [1.29, 1.82) is 0 Å². The van der Waals surface area contributed by atoms with Gasteiger partial charge in [0.25, 0.3) is 0 Å². The maximum atomic E-state index is 4.85. The van der Waals surface area contributed by atoms with Crippen molar-refractivity contribution in [2.45, 2.75) is 117 Å². The first-order valence-corrected chi connectivity index (χ1v) is 13.7. The Morgan fingerprint density at radius 1 is 1.03 bits per heavy atom. The van der Waals surface area contributed by atoms with Gasteiger partial charge in [-0.15, -0.1) is 0 Å². The number of fused-ring (bicyclic) bond motifs is 5. The predicted octanol–water partition coefficient (Wildman–Crippen LogP) is 8.72. The van der Waals surface area contributed by atoms with Crippen molar-refractivity contribution in [3.63, 3.8) is 0 Å². The zero-order valence-corrected chi connectivity index (χ0v) is 20.9. The highest BCUT2D eigenvalue weighted by Gasteiger charge is 2.58. The van der Waals surface area contributed by atoms with Crippen molar-refractivity contribution < 1.29 is 0 Å². The Morgan fingerprint density at radius 3 is 2.59 bits per heavy atom. The van der Waals surface area contributed by atoms with E-state index in [0.717, 1.165) is 35.5 Å². The van der Waals surface area contributed by atoms with Gasteiger partial charge in [0, 0.05) is 5.25 Å². The van der Waals surface area contributed by atoms with Crippen molar-refractivity contribution in [2.75, 3.05) is 0 Å². The lowest BCUT2D eigenvalue weighted by atomic mass is 9.47. The van der Waals surface area contributed by atoms with Crippen LogP contribution in [0.2, 0.25) is 0 Å². The molecular weight excluding hydrogens is 368 g/mol. The van der Waals surface area contributed by atoms with Crippen LogP contribution in [0.1, 0.15) is 112 Å². The van der Waals surface area contributed by atoms with Crippen molar-refractivity contribution in [1.82, 2.24) is 0 Å². The molecule has 0 bridgehead atoms. The molecule has 1 heteroatoms. The minimum absolute atomic E-state index is 0.503. The van der Waals surface area contributed by atoms with Crippen LogP contribution < -0.4 is 0 Å². The molecule has 0 amide bonds. The van der Waals surface area contributed by atoms with Gasteiger partial charge in [0.2, 0.25) is 0 Å². The molecular formula is C28H48S. The molecule has 166 valence electrons. The number of hydrogen-bond acceptors (Lipinski definition) is 1. The summed E-state index contributed by atoms with van der Waals surface area (Å²) in [7, 11) is 0. The fourth-order valence-electron chi connectivity index (χ4n) is 8.81. The first-order chi connectivity index (χ1) is 13.8. The molecule has 0 aromatic rings. The van der Waals surface area contributed by atoms with E-state index in [1.54, 1.807) is 5.57 Å². The molecule has 0 nitrogen and oxygen atoms in total. The number of allylic oxidation sites excluding steroid dienone is 2. The molecule has 0 spiro atoms. The highest BCUT2D eigenvalue weighted by molar-refractivity contribution is 7.80. The summed E-state index contributed by atoms with van der Waals surface area (Å²) in [4.78, 5) is 0. The Balaban J connectivity index is 1.46. The Morgan fingerprint density at radius 2 is 1.83 bits per heavy atom. The topological polar surface area (TPSA) is 0 Å². The zero-order valence-electron chi connectivity index (χ0n) is 20.1. The largest absolute Gasteiger partial charge is 0.176 e. The van der Waals surface area contributed by atoms with E-state index in [1.807, 2.05) is 0 Å². The van der Waals surface area contributed by atoms with Gasteiger partial charge >= 0.3 is 0 Å². The predicted molar refractivity (Wildman–Crippen MR) is 130 cm³/mol.